The van der Waals surface area contributed by atoms with Crippen molar-refractivity contribution < 1.29 is 4.79 Å². The molecule has 0 saturated carbocycles. The highest BCUT2D eigenvalue weighted by Crippen LogP contribution is 2.17. The van der Waals surface area contributed by atoms with E-state index in [0.29, 0.717) is 22.8 Å². The molecule has 18 heavy (non-hydrogen) atoms. The van der Waals surface area contributed by atoms with E-state index >= 15 is 0 Å². The van der Waals surface area contributed by atoms with Gasteiger partial charge in [-0.15, -0.1) is 0 Å². The number of carbonyl (C=O) groups is 1. The third kappa shape index (κ3) is 3.89. The van der Waals surface area contributed by atoms with Crippen LogP contribution >= 0.6 is 11.6 Å². The number of rotatable bonds is 4. The fourth-order valence-electron chi connectivity index (χ4n) is 1.30. The third-order valence-corrected chi connectivity index (χ3v) is 3.29. The van der Waals surface area contributed by atoms with Gasteiger partial charge in [-0.1, -0.05) is 11.6 Å². The van der Waals surface area contributed by atoms with Crippen LogP contribution in [0.3, 0.4) is 0 Å². The van der Waals surface area contributed by atoms with Crippen LogP contribution in [-0.2, 0) is 0 Å². The first-order chi connectivity index (χ1) is 8.22. The molecular weight excluding hydrogens is 250 g/mol. The predicted octanol–water partition coefficient (Wildman–Crippen LogP) is 1.99. The minimum absolute atomic E-state index is 0.111. The van der Waals surface area contributed by atoms with Crippen LogP contribution in [0.4, 0.5) is 5.69 Å². The molecule has 0 aromatic heterocycles. The molecule has 100 valence electrons. The molecule has 0 radical (unpaired) electrons. The van der Waals surface area contributed by atoms with Crippen LogP contribution in [0.5, 0.6) is 0 Å². The van der Waals surface area contributed by atoms with Crippen molar-refractivity contribution in [1.82, 2.24) is 10.2 Å². The Morgan fingerprint density at radius 1 is 1.39 bits per heavy atom. The molecule has 0 unspecified atom stereocenters. The van der Waals surface area contributed by atoms with E-state index in [4.69, 9.17) is 17.3 Å². The van der Waals surface area contributed by atoms with Gasteiger partial charge < -0.3 is 16.0 Å². The number of amides is 1. The average molecular weight is 270 g/mol. The standard InChI is InChI=1S/C13H20ClN3O/c1-13(2,17(3)4)8-16-12(18)9-5-10(14)7-11(15)6-9/h5-7H,8,15H2,1-4H3,(H,16,18). The summed E-state index contributed by atoms with van der Waals surface area (Å²) in [5.74, 6) is -0.167. The Morgan fingerprint density at radius 2 is 2.00 bits per heavy atom. The largest absolute Gasteiger partial charge is 0.399 e. The molecule has 0 atom stereocenters. The summed E-state index contributed by atoms with van der Waals surface area (Å²) >= 11 is 5.87. The van der Waals surface area contributed by atoms with Gasteiger partial charge in [0.2, 0.25) is 0 Å². The topological polar surface area (TPSA) is 58.4 Å². The smallest absolute Gasteiger partial charge is 0.251 e. The number of hydrogen-bond acceptors (Lipinski definition) is 3. The van der Waals surface area contributed by atoms with E-state index in [1.807, 2.05) is 14.1 Å². The number of benzene rings is 1. The number of nitrogen functional groups attached to an aromatic ring is 1. The zero-order valence-electron chi connectivity index (χ0n) is 11.2. The van der Waals surface area contributed by atoms with Crippen LogP contribution in [0.2, 0.25) is 5.02 Å². The monoisotopic (exact) mass is 269 g/mol. The molecule has 1 aromatic rings. The first kappa shape index (κ1) is 14.8. The van der Waals surface area contributed by atoms with Gasteiger partial charge in [-0.05, 0) is 46.1 Å². The lowest BCUT2D eigenvalue weighted by Gasteiger charge is -2.32. The molecule has 0 bridgehead atoms. The first-order valence-electron chi connectivity index (χ1n) is 5.74. The van der Waals surface area contributed by atoms with E-state index in [2.05, 4.69) is 24.1 Å². The van der Waals surface area contributed by atoms with Crippen LogP contribution in [0, 0.1) is 0 Å². The Morgan fingerprint density at radius 3 is 2.50 bits per heavy atom. The van der Waals surface area contributed by atoms with E-state index in [1.165, 1.54) is 0 Å². The molecule has 0 aliphatic rings. The van der Waals surface area contributed by atoms with Crippen molar-refractivity contribution in [1.29, 1.82) is 0 Å². The zero-order valence-corrected chi connectivity index (χ0v) is 12.0. The number of halogens is 1. The normalized spacial score (nSPS) is 11.7. The van der Waals surface area contributed by atoms with Gasteiger partial charge in [0.25, 0.3) is 5.91 Å². The highest BCUT2D eigenvalue weighted by atomic mass is 35.5. The van der Waals surface area contributed by atoms with Gasteiger partial charge in [0.1, 0.15) is 0 Å². The van der Waals surface area contributed by atoms with E-state index in [1.54, 1.807) is 18.2 Å². The SMILES string of the molecule is CN(C)C(C)(C)CNC(=O)c1cc(N)cc(Cl)c1. The molecule has 1 rings (SSSR count). The lowest BCUT2D eigenvalue weighted by molar-refractivity contribution is 0.0919. The second kappa shape index (κ2) is 5.59. The number of anilines is 1. The van der Waals surface area contributed by atoms with Crippen molar-refractivity contribution in [3.8, 4) is 0 Å². The van der Waals surface area contributed by atoms with Gasteiger partial charge in [0.15, 0.2) is 0 Å². The minimum Gasteiger partial charge on any atom is -0.399 e. The number of carbonyl (C=O) groups excluding carboxylic acids is 1. The molecule has 5 heteroatoms. The molecule has 4 nitrogen and oxygen atoms in total. The molecular formula is C13H20ClN3O. The number of hydrogen-bond donors (Lipinski definition) is 2. The Bertz CT molecular complexity index is 424. The second-order valence-corrected chi connectivity index (χ2v) is 5.60. The molecule has 0 saturated heterocycles. The van der Waals surface area contributed by atoms with Crippen molar-refractivity contribution in [2.75, 3.05) is 26.4 Å². The van der Waals surface area contributed by atoms with Crippen molar-refractivity contribution in [2.45, 2.75) is 19.4 Å². The van der Waals surface area contributed by atoms with Crippen LogP contribution in [0.25, 0.3) is 0 Å². The number of nitrogens with two attached hydrogens (primary N) is 1. The second-order valence-electron chi connectivity index (χ2n) is 5.16. The van der Waals surface area contributed by atoms with Crippen molar-refractivity contribution >= 4 is 23.2 Å². The number of likely N-dealkylation sites (N-methyl/N-ethyl adjacent to an activating group) is 1. The maximum absolute atomic E-state index is 12.0. The summed E-state index contributed by atoms with van der Waals surface area (Å²) in [5.41, 5.74) is 6.51. The molecule has 0 heterocycles. The summed E-state index contributed by atoms with van der Waals surface area (Å²) in [7, 11) is 3.95. The fraction of sp³-hybridized carbons (Fsp3) is 0.462. The third-order valence-electron chi connectivity index (χ3n) is 3.07. The lowest BCUT2D eigenvalue weighted by Crippen LogP contribution is -2.48. The van der Waals surface area contributed by atoms with Gasteiger partial charge in [-0.2, -0.15) is 0 Å². The molecule has 1 aromatic carbocycles. The van der Waals surface area contributed by atoms with E-state index in [-0.39, 0.29) is 11.4 Å². The van der Waals surface area contributed by atoms with E-state index in [9.17, 15) is 4.79 Å². The summed E-state index contributed by atoms with van der Waals surface area (Å²) in [5, 5.41) is 3.35. The quantitative estimate of drug-likeness (QED) is 0.822. The lowest BCUT2D eigenvalue weighted by atomic mass is 10.0. The summed E-state index contributed by atoms with van der Waals surface area (Å²) < 4.78 is 0. The summed E-state index contributed by atoms with van der Waals surface area (Å²) in [6, 6.07) is 4.84. The Balaban J connectivity index is 2.72. The van der Waals surface area contributed by atoms with Gasteiger partial charge in [0.05, 0.1) is 0 Å². The fourth-order valence-corrected chi connectivity index (χ4v) is 1.54. The highest BCUT2D eigenvalue weighted by molar-refractivity contribution is 6.31. The zero-order chi connectivity index (χ0) is 13.9. The Labute approximate surface area is 113 Å². The maximum atomic E-state index is 12.0. The molecule has 3 N–H and O–H groups in total. The van der Waals surface area contributed by atoms with Crippen LogP contribution in [0.1, 0.15) is 24.2 Å². The van der Waals surface area contributed by atoms with Crippen LogP contribution in [-0.4, -0.2) is 37.0 Å². The molecule has 1 amide bonds. The maximum Gasteiger partial charge on any atom is 0.251 e. The van der Waals surface area contributed by atoms with Crippen LogP contribution < -0.4 is 11.1 Å². The van der Waals surface area contributed by atoms with Gasteiger partial charge in [0, 0.05) is 28.4 Å². The summed E-state index contributed by atoms with van der Waals surface area (Å²) in [6.07, 6.45) is 0. The molecule has 0 fully saturated rings. The van der Waals surface area contributed by atoms with Crippen molar-refractivity contribution in [3.05, 3.63) is 28.8 Å². The highest BCUT2D eigenvalue weighted by Gasteiger charge is 2.21. The number of nitrogens with one attached hydrogen (secondary N) is 1. The van der Waals surface area contributed by atoms with E-state index < -0.39 is 0 Å². The van der Waals surface area contributed by atoms with Gasteiger partial charge in [-0.25, -0.2) is 0 Å². The van der Waals surface area contributed by atoms with Gasteiger partial charge in [-0.3, -0.25) is 4.79 Å². The average Bonchev–Trinajstić information content (AvgIpc) is 2.24. The van der Waals surface area contributed by atoms with Crippen molar-refractivity contribution in [2.24, 2.45) is 0 Å². The Hall–Kier alpha value is -1.26. The predicted molar refractivity (Wildman–Crippen MR) is 76.0 cm³/mol. The summed E-state index contributed by atoms with van der Waals surface area (Å²) in [6.45, 7) is 4.66. The minimum atomic E-state index is -0.167. The van der Waals surface area contributed by atoms with Gasteiger partial charge >= 0.3 is 0 Å². The molecule has 0 aliphatic heterocycles. The Kier molecular flexibility index (Phi) is 4.59. The number of nitrogens with zero attached hydrogens (tertiary/aromatic N) is 1. The molecule has 0 spiro atoms. The summed E-state index contributed by atoms with van der Waals surface area (Å²) in [4.78, 5) is 14.0. The van der Waals surface area contributed by atoms with Crippen LogP contribution in [0.15, 0.2) is 18.2 Å². The molecule has 0 aliphatic carbocycles. The first-order valence-corrected chi connectivity index (χ1v) is 6.12. The van der Waals surface area contributed by atoms with Crippen molar-refractivity contribution in [3.63, 3.8) is 0 Å². The van der Waals surface area contributed by atoms with E-state index in [0.717, 1.165) is 0 Å².